The number of nitrogens with zero attached hydrogens (tertiary/aromatic N) is 1. The standard InChI is InChI=1S/C14H19NS/c1-4-7-12-8-6-9-13(11(3)5-2)14(12)15-10-16/h6,8-9,11H,4-5,7H2,1-3H3. The first kappa shape index (κ1) is 13.1. The number of aliphatic imine (C=N–C) groups is 1. The summed E-state index contributed by atoms with van der Waals surface area (Å²) in [6.45, 7) is 6.61. The molecular weight excluding hydrogens is 214 g/mol. The lowest BCUT2D eigenvalue weighted by molar-refractivity contribution is 0.732. The van der Waals surface area contributed by atoms with Gasteiger partial charge in [-0.2, -0.15) is 4.99 Å². The number of hydrogen-bond acceptors (Lipinski definition) is 2. The number of thiocarbonyl (C=S) groups is 1. The largest absolute Gasteiger partial charge is 0.194 e. The zero-order valence-corrected chi connectivity index (χ0v) is 11.1. The highest BCUT2D eigenvalue weighted by molar-refractivity contribution is 7.78. The minimum atomic E-state index is 0.527. The van der Waals surface area contributed by atoms with E-state index >= 15 is 0 Å². The minimum Gasteiger partial charge on any atom is -0.194 e. The van der Waals surface area contributed by atoms with Crippen LogP contribution in [0.5, 0.6) is 0 Å². The molecule has 1 nitrogen and oxygen atoms in total. The Kier molecular flexibility index (Phi) is 5.37. The predicted octanol–water partition coefficient (Wildman–Crippen LogP) is 4.89. The summed E-state index contributed by atoms with van der Waals surface area (Å²) in [6.07, 6.45) is 3.31. The molecule has 0 fully saturated rings. The van der Waals surface area contributed by atoms with Crippen LogP contribution in [0.1, 0.15) is 50.7 Å². The van der Waals surface area contributed by atoms with Gasteiger partial charge in [-0.3, -0.25) is 0 Å². The molecule has 0 bridgehead atoms. The van der Waals surface area contributed by atoms with E-state index in [4.69, 9.17) is 12.2 Å². The van der Waals surface area contributed by atoms with Crippen molar-refractivity contribution in [3.63, 3.8) is 0 Å². The molecule has 0 amide bonds. The van der Waals surface area contributed by atoms with Crippen LogP contribution < -0.4 is 0 Å². The Balaban J connectivity index is 3.25. The van der Waals surface area contributed by atoms with Crippen LogP contribution in [0.2, 0.25) is 0 Å². The van der Waals surface area contributed by atoms with Gasteiger partial charge in [-0.05, 0) is 42.1 Å². The zero-order valence-electron chi connectivity index (χ0n) is 10.3. The second-order valence-corrected chi connectivity index (χ2v) is 4.30. The summed E-state index contributed by atoms with van der Waals surface area (Å²) >= 11 is 4.74. The summed E-state index contributed by atoms with van der Waals surface area (Å²) in [6, 6.07) is 6.41. The Morgan fingerprint density at radius 3 is 2.69 bits per heavy atom. The Bertz CT molecular complexity index is 392. The average molecular weight is 233 g/mol. The third-order valence-electron chi connectivity index (χ3n) is 2.97. The van der Waals surface area contributed by atoms with Crippen LogP contribution >= 0.6 is 12.2 Å². The quantitative estimate of drug-likeness (QED) is 0.521. The molecule has 0 saturated heterocycles. The van der Waals surface area contributed by atoms with Crippen molar-refractivity contribution in [2.24, 2.45) is 4.99 Å². The molecule has 16 heavy (non-hydrogen) atoms. The van der Waals surface area contributed by atoms with Crippen LogP contribution in [0.4, 0.5) is 5.69 Å². The molecule has 1 aromatic rings. The molecule has 0 aliphatic heterocycles. The Morgan fingerprint density at radius 1 is 1.38 bits per heavy atom. The summed E-state index contributed by atoms with van der Waals surface area (Å²) in [4.78, 5) is 4.26. The topological polar surface area (TPSA) is 12.4 Å². The van der Waals surface area contributed by atoms with Crippen molar-refractivity contribution >= 4 is 23.1 Å². The third-order valence-corrected chi connectivity index (χ3v) is 3.06. The van der Waals surface area contributed by atoms with Gasteiger partial charge in [-0.1, -0.05) is 45.4 Å². The molecule has 0 saturated carbocycles. The van der Waals surface area contributed by atoms with Crippen LogP contribution in [0.15, 0.2) is 23.2 Å². The molecule has 1 aromatic carbocycles. The lowest BCUT2D eigenvalue weighted by Gasteiger charge is -2.14. The Labute approximate surface area is 104 Å². The SMILES string of the molecule is CCCc1cccc(C(C)CC)c1N=C=S. The number of hydrogen-bond donors (Lipinski definition) is 0. The Hall–Kier alpha value is -0.980. The first-order valence-corrected chi connectivity index (χ1v) is 6.35. The highest BCUT2D eigenvalue weighted by Gasteiger charge is 2.11. The smallest absolute Gasteiger partial charge is 0.0806 e. The van der Waals surface area contributed by atoms with E-state index in [0.717, 1.165) is 24.9 Å². The zero-order chi connectivity index (χ0) is 12.0. The monoisotopic (exact) mass is 233 g/mol. The van der Waals surface area contributed by atoms with Gasteiger partial charge in [0.1, 0.15) is 0 Å². The van der Waals surface area contributed by atoms with Gasteiger partial charge in [-0.15, -0.1) is 0 Å². The number of isothiocyanates is 1. The fraction of sp³-hybridized carbons (Fsp3) is 0.500. The summed E-state index contributed by atoms with van der Waals surface area (Å²) < 4.78 is 0. The maximum atomic E-state index is 4.74. The molecule has 1 rings (SSSR count). The third kappa shape index (κ3) is 3.01. The van der Waals surface area contributed by atoms with Crippen LogP contribution in [-0.2, 0) is 6.42 Å². The minimum absolute atomic E-state index is 0.527. The summed E-state index contributed by atoms with van der Waals surface area (Å²) in [7, 11) is 0. The van der Waals surface area contributed by atoms with Gasteiger partial charge < -0.3 is 0 Å². The molecule has 0 aliphatic carbocycles. The number of aryl methyl sites for hydroxylation is 1. The highest BCUT2D eigenvalue weighted by atomic mass is 32.1. The lowest BCUT2D eigenvalue weighted by atomic mass is 9.93. The maximum absolute atomic E-state index is 4.74. The van der Waals surface area contributed by atoms with Gasteiger partial charge >= 0.3 is 0 Å². The lowest BCUT2D eigenvalue weighted by Crippen LogP contribution is -1.95. The summed E-state index contributed by atoms with van der Waals surface area (Å²) in [5.41, 5.74) is 3.64. The van der Waals surface area contributed by atoms with E-state index < -0.39 is 0 Å². The van der Waals surface area contributed by atoms with Crippen LogP contribution in [0, 0.1) is 0 Å². The van der Waals surface area contributed by atoms with Crippen molar-refractivity contribution in [3.05, 3.63) is 29.3 Å². The van der Waals surface area contributed by atoms with E-state index in [-0.39, 0.29) is 0 Å². The van der Waals surface area contributed by atoms with Crippen molar-refractivity contribution in [1.82, 2.24) is 0 Å². The molecule has 0 aromatic heterocycles. The van der Waals surface area contributed by atoms with Crippen molar-refractivity contribution in [2.75, 3.05) is 0 Å². The van der Waals surface area contributed by atoms with Gasteiger partial charge in [0, 0.05) is 0 Å². The van der Waals surface area contributed by atoms with Gasteiger partial charge in [-0.25, -0.2) is 0 Å². The average Bonchev–Trinajstić information content (AvgIpc) is 2.31. The number of rotatable bonds is 5. The van der Waals surface area contributed by atoms with Crippen molar-refractivity contribution in [3.8, 4) is 0 Å². The Morgan fingerprint density at radius 2 is 2.12 bits per heavy atom. The molecule has 0 heterocycles. The van der Waals surface area contributed by atoms with E-state index in [1.807, 2.05) is 0 Å². The van der Waals surface area contributed by atoms with E-state index in [9.17, 15) is 0 Å². The normalized spacial score (nSPS) is 11.9. The van der Waals surface area contributed by atoms with Crippen molar-refractivity contribution < 1.29 is 0 Å². The first-order chi connectivity index (χ1) is 7.74. The van der Waals surface area contributed by atoms with Crippen molar-refractivity contribution in [1.29, 1.82) is 0 Å². The van der Waals surface area contributed by atoms with E-state index in [2.05, 4.69) is 49.1 Å². The molecular formula is C14H19NS. The van der Waals surface area contributed by atoms with E-state index in [0.29, 0.717) is 5.92 Å². The van der Waals surface area contributed by atoms with E-state index in [1.165, 1.54) is 11.1 Å². The summed E-state index contributed by atoms with van der Waals surface area (Å²) in [5, 5.41) is 2.51. The highest BCUT2D eigenvalue weighted by Crippen LogP contribution is 2.32. The molecule has 2 heteroatoms. The first-order valence-electron chi connectivity index (χ1n) is 5.94. The maximum Gasteiger partial charge on any atom is 0.0806 e. The van der Waals surface area contributed by atoms with E-state index in [1.54, 1.807) is 0 Å². The fourth-order valence-corrected chi connectivity index (χ4v) is 1.97. The molecule has 1 unspecified atom stereocenters. The molecule has 0 aliphatic rings. The molecule has 1 atom stereocenters. The predicted molar refractivity (Wildman–Crippen MR) is 73.8 cm³/mol. The molecule has 86 valence electrons. The van der Waals surface area contributed by atoms with Gasteiger partial charge in [0.25, 0.3) is 0 Å². The second-order valence-electron chi connectivity index (χ2n) is 4.12. The van der Waals surface area contributed by atoms with Crippen LogP contribution in [0.25, 0.3) is 0 Å². The summed E-state index contributed by atoms with van der Waals surface area (Å²) in [5.74, 6) is 0.527. The van der Waals surface area contributed by atoms with Crippen LogP contribution in [-0.4, -0.2) is 5.16 Å². The number of benzene rings is 1. The second kappa shape index (κ2) is 6.57. The molecule has 0 radical (unpaired) electrons. The van der Waals surface area contributed by atoms with Gasteiger partial charge in [0.2, 0.25) is 0 Å². The van der Waals surface area contributed by atoms with Crippen molar-refractivity contribution in [2.45, 2.75) is 46.0 Å². The van der Waals surface area contributed by atoms with Gasteiger partial charge in [0.15, 0.2) is 0 Å². The molecule has 0 N–H and O–H groups in total. The van der Waals surface area contributed by atoms with Gasteiger partial charge in [0.05, 0.1) is 10.8 Å². The van der Waals surface area contributed by atoms with Crippen LogP contribution in [0.3, 0.4) is 0 Å². The number of para-hydroxylation sites is 1. The fourth-order valence-electron chi connectivity index (χ4n) is 1.88. The molecule has 0 spiro atoms.